The third-order valence-corrected chi connectivity index (χ3v) is 3.15. The van der Waals surface area contributed by atoms with Gasteiger partial charge in [0.05, 0.1) is 13.7 Å². The van der Waals surface area contributed by atoms with Crippen LogP contribution in [-0.4, -0.2) is 37.4 Å². The van der Waals surface area contributed by atoms with Crippen molar-refractivity contribution >= 4 is 12.1 Å². The highest BCUT2D eigenvalue weighted by Gasteiger charge is 2.18. The van der Waals surface area contributed by atoms with Gasteiger partial charge in [-0.2, -0.15) is 0 Å². The van der Waals surface area contributed by atoms with E-state index in [-0.39, 0.29) is 24.0 Å². The highest BCUT2D eigenvalue weighted by atomic mass is 19.1. The highest BCUT2D eigenvalue weighted by Crippen LogP contribution is 2.21. The topological polar surface area (TPSA) is 73.9 Å². The molecule has 0 heterocycles. The molecule has 1 aromatic carbocycles. The van der Waals surface area contributed by atoms with Gasteiger partial charge in [-0.1, -0.05) is 0 Å². The standard InChI is InChI=1S/C18H26FNO5/c1-12(20-17(22)25-18(2,3)4)7-6-10-24-15-11-13(19)8-9-14(15)16(21)23-5/h8-9,11-12H,6-7,10H2,1-5H3,(H,20,22). The Morgan fingerprint density at radius 2 is 1.96 bits per heavy atom. The summed E-state index contributed by atoms with van der Waals surface area (Å²) < 4.78 is 28.6. The van der Waals surface area contributed by atoms with Gasteiger partial charge in [-0.3, -0.25) is 0 Å². The van der Waals surface area contributed by atoms with Crippen molar-refractivity contribution in [3.05, 3.63) is 29.6 Å². The predicted molar refractivity (Wildman–Crippen MR) is 91.3 cm³/mol. The van der Waals surface area contributed by atoms with Gasteiger partial charge < -0.3 is 19.5 Å². The van der Waals surface area contributed by atoms with Gasteiger partial charge in [-0.25, -0.2) is 14.0 Å². The number of carbonyl (C=O) groups is 2. The predicted octanol–water partition coefficient (Wildman–Crippen LogP) is 3.68. The Balaban J connectivity index is 2.44. The molecular weight excluding hydrogens is 329 g/mol. The van der Waals surface area contributed by atoms with Gasteiger partial charge in [0.1, 0.15) is 22.7 Å². The molecule has 0 saturated heterocycles. The lowest BCUT2D eigenvalue weighted by Gasteiger charge is -2.22. The number of methoxy groups -OCH3 is 1. The molecule has 6 nitrogen and oxygen atoms in total. The van der Waals surface area contributed by atoms with Crippen LogP contribution in [0.25, 0.3) is 0 Å². The van der Waals surface area contributed by atoms with Gasteiger partial charge in [0.25, 0.3) is 0 Å². The Hall–Kier alpha value is -2.31. The molecule has 1 atom stereocenters. The maximum Gasteiger partial charge on any atom is 0.407 e. The van der Waals surface area contributed by atoms with E-state index in [2.05, 4.69) is 10.1 Å². The molecule has 1 N–H and O–H groups in total. The van der Waals surface area contributed by atoms with Crippen LogP contribution < -0.4 is 10.1 Å². The van der Waals surface area contributed by atoms with Crippen molar-refractivity contribution in [3.63, 3.8) is 0 Å². The summed E-state index contributed by atoms with van der Waals surface area (Å²) in [5, 5.41) is 2.73. The molecule has 0 aliphatic heterocycles. The number of amides is 1. The van der Waals surface area contributed by atoms with E-state index in [0.717, 1.165) is 6.07 Å². The van der Waals surface area contributed by atoms with Crippen molar-refractivity contribution in [1.82, 2.24) is 5.32 Å². The molecule has 140 valence electrons. The normalized spacial score (nSPS) is 12.2. The van der Waals surface area contributed by atoms with E-state index in [9.17, 15) is 14.0 Å². The van der Waals surface area contributed by atoms with Gasteiger partial charge in [0.15, 0.2) is 0 Å². The van der Waals surface area contributed by atoms with Crippen LogP contribution >= 0.6 is 0 Å². The molecule has 1 aromatic rings. The number of carbonyl (C=O) groups excluding carboxylic acids is 2. The van der Waals surface area contributed by atoms with Crippen LogP contribution in [0.15, 0.2) is 18.2 Å². The lowest BCUT2D eigenvalue weighted by Crippen LogP contribution is -2.37. The van der Waals surface area contributed by atoms with E-state index < -0.39 is 23.5 Å². The van der Waals surface area contributed by atoms with Crippen molar-refractivity contribution in [2.75, 3.05) is 13.7 Å². The van der Waals surface area contributed by atoms with Crippen molar-refractivity contribution in [2.24, 2.45) is 0 Å². The maximum absolute atomic E-state index is 13.3. The first-order valence-corrected chi connectivity index (χ1v) is 8.12. The molecule has 0 fully saturated rings. The number of nitrogens with one attached hydrogen (secondary N) is 1. The van der Waals surface area contributed by atoms with E-state index in [1.54, 1.807) is 20.8 Å². The molecule has 0 aromatic heterocycles. The fourth-order valence-electron chi connectivity index (χ4n) is 2.05. The lowest BCUT2D eigenvalue weighted by atomic mass is 10.2. The molecule has 1 rings (SSSR count). The van der Waals surface area contributed by atoms with Crippen LogP contribution in [0.2, 0.25) is 0 Å². The summed E-state index contributed by atoms with van der Waals surface area (Å²) in [6.07, 6.45) is 0.773. The van der Waals surface area contributed by atoms with Gasteiger partial charge in [0.2, 0.25) is 0 Å². The minimum atomic E-state index is -0.588. The molecule has 7 heteroatoms. The van der Waals surface area contributed by atoms with E-state index in [4.69, 9.17) is 9.47 Å². The highest BCUT2D eigenvalue weighted by molar-refractivity contribution is 5.92. The van der Waals surface area contributed by atoms with Gasteiger partial charge in [-0.05, 0) is 52.7 Å². The monoisotopic (exact) mass is 355 g/mol. The molecule has 0 spiro atoms. The lowest BCUT2D eigenvalue weighted by molar-refractivity contribution is 0.0503. The van der Waals surface area contributed by atoms with Gasteiger partial charge in [-0.15, -0.1) is 0 Å². The number of hydrogen-bond acceptors (Lipinski definition) is 5. The first-order valence-electron chi connectivity index (χ1n) is 8.12. The SMILES string of the molecule is COC(=O)c1ccc(F)cc1OCCCC(C)NC(=O)OC(C)(C)C. The Morgan fingerprint density at radius 1 is 1.28 bits per heavy atom. The summed E-state index contributed by atoms with van der Waals surface area (Å²) in [5.74, 6) is -0.947. The second-order valence-corrected chi connectivity index (χ2v) is 6.67. The molecule has 0 bridgehead atoms. The Morgan fingerprint density at radius 3 is 2.56 bits per heavy atom. The first-order chi connectivity index (χ1) is 11.6. The average molecular weight is 355 g/mol. The number of alkyl carbamates (subject to hydrolysis) is 1. The minimum absolute atomic E-state index is 0.106. The van der Waals surface area contributed by atoms with Crippen molar-refractivity contribution in [1.29, 1.82) is 0 Å². The molecule has 0 radical (unpaired) electrons. The molecule has 1 unspecified atom stereocenters. The Labute approximate surface area is 147 Å². The summed E-state index contributed by atoms with van der Waals surface area (Å²) >= 11 is 0. The summed E-state index contributed by atoms with van der Waals surface area (Å²) in [4.78, 5) is 23.3. The van der Waals surface area contributed by atoms with Crippen LogP contribution in [-0.2, 0) is 9.47 Å². The van der Waals surface area contributed by atoms with Gasteiger partial charge in [0, 0.05) is 12.1 Å². The third-order valence-electron chi connectivity index (χ3n) is 3.15. The third kappa shape index (κ3) is 7.87. The quantitative estimate of drug-likeness (QED) is 0.596. The minimum Gasteiger partial charge on any atom is -0.493 e. The summed E-state index contributed by atoms with van der Waals surface area (Å²) in [6, 6.07) is 3.54. The molecular formula is C18H26FNO5. The second kappa shape index (κ2) is 9.25. The Bertz CT molecular complexity index is 598. The zero-order chi connectivity index (χ0) is 19.0. The number of benzene rings is 1. The molecule has 0 aliphatic carbocycles. The Kier molecular flexibility index (Phi) is 7.67. The van der Waals surface area contributed by atoms with E-state index in [0.29, 0.717) is 12.8 Å². The van der Waals surface area contributed by atoms with Crippen molar-refractivity contribution in [3.8, 4) is 5.75 Å². The number of ether oxygens (including phenoxy) is 3. The van der Waals surface area contributed by atoms with Crippen LogP contribution in [0.1, 0.15) is 50.9 Å². The zero-order valence-electron chi connectivity index (χ0n) is 15.3. The molecule has 0 aliphatic rings. The number of halogens is 1. The first kappa shape index (κ1) is 20.7. The smallest absolute Gasteiger partial charge is 0.407 e. The van der Waals surface area contributed by atoms with Crippen LogP contribution in [0.3, 0.4) is 0 Å². The van der Waals surface area contributed by atoms with Crippen LogP contribution in [0, 0.1) is 5.82 Å². The summed E-state index contributed by atoms with van der Waals surface area (Å²) in [5.41, 5.74) is -0.377. The fraction of sp³-hybridized carbons (Fsp3) is 0.556. The molecule has 0 saturated carbocycles. The average Bonchev–Trinajstić information content (AvgIpc) is 2.49. The zero-order valence-corrected chi connectivity index (χ0v) is 15.3. The van der Waals surface area contributed by atoms with Crippen LogP contribution in [0.4, 0.5) is 9.18 Å². The summed E-state index contributed by atoms with van der Waals surface area (Å²) in [7, 11) is 1.25. The summed E-state index contributed by atoms with van der Waals surface area (Å²) in [6.45, 7) is 7.51. The maximum atomic E-state index is 13.3. The molecule has 25 heavy (non-hydrogen) atoms. The van der Waals surface area contributed by atoms with Crippen LogP contribution in [0.5, 0.6) is 5.75 Å². The van der Waals surface area contributed by atoms with E-state index in [1.807, 2.05) is 6.92 Å². The van der Waals surface area contributed by atoms with Crippen molar-refractivity contribution < 1.29 is 28.2 Å². The van der Waals surface area contributed by atoms with Gasteiger partial charge >= 0.3 is 12.1 Å². The van der Waals surface area contributed by atoms with E-state index in [1.165, 1.54) is 19.2 Å². The number of hydrogen-bond donors (Lipinski definition) is 1. The number of esters is 1. The number of rotatable bonds is 7. The van der Waals surface area contributed by atoms with Crippen molar-refractivity contribution in [2.45, 2.75) is 52.2 Å². The van der Waals surface area contributed by atoms with E-state index >= 15 is 0 Å². The largest absolute Gasteiger partial charge is 0.493 e. The molecule has 1 amide bonds. The second-order valence-electron chi connectivity index (χ2n) is 6.67. The fourth-order valence-corrected chi connectivity index (χ4v) is 2.05.